The summed E-state index contributed by atoms with van der Waals surface area (Å²) in [5, 5.41) is 11.6. The van der Waals surface area contributed by atoms with Gasteiger partial charge in [0.25, 0.3) is 0 Å². The average molecular weight is 380 g/mol. The number of aryl methyl sites for hydroxylation is 1. The van der Waals surface area contributed by atoms with Crippen LogP contribution in [0.4, 0.5) is 0 Å². The van der Waals surface area contributed by atoms with Crippen molar-refractivity contribution in [1.82, 2.24) is 10.2 Å². The van der Waals surface area contributed by atoms with Gasteiger partial charge >= 0.3 is 0 Å². The highest BCUT2D eigenvalue weighted by Crippen LogP contribution is 2.29. The number of nitriles is 1. The maximum atomic E-state index is 11.5. The lowest BCUT2D eigenvalue weighted by molar-refractivity contribution is -0.121. The quantitative estimate of drug-likeness (QED) is 0.768. The SMILES string of the molecule is CCc1ccccc1C1=CCN(CCC2CCC(NC(=O)CC#N)CC2)CC1. The van der Waals surface area contributed by atoms with Crippen molar-refractivity contribution in [2.75, 3.05) is 19.6 Å². The van der Waals surface area contributed by atoms with E-state index in [1.54, 1.807) is 0 Å². The first-order chi connectivity index (χ1) is 13.7. The van der Waals surface area contributed by atoms with Gasteiger partial charge in [-0.15, -0.1) is 0 Å². The normalized spacial score (nSPS) is 22.9. The van der Waals surface area contributed by atoms with Crippen molar-refractivity contribution in [2.24, 2.45) is 5.92 Å². The number of amides is 1. The molecule has 2 aliphatic rings. The van der Waals surface area contributed by atoms with Crippen molar-refractivity contribution >= 4 is 11.5 Å². The Balaban J connectivity index is 1.40. The summed E-state index contributed by atoms with van der Waals surface area (Å²) < 4.78 is 0. The molecule has 4 nitrogen and oxygen atoms in total. The van der Waals surface area contributed by atoms with Gasteiger partial charge in [-0.3, -0.25) is 9.69 Å². The lowest BCUT2D eigenvalue weighted by Gasteiger charge is -2.32. The molecule has 1 saturated carbocycles. The molecule has 1 aromatic rings. The van der Waals surface area contributed by atoms with Gasteiger partial charge in [-0.1, -0.05) is 37.3 Å². The van der Waals surface area contributed by atoms with Crippen LogP contribution < -0.4 is 5.32 Å². The molecule has 1 heterocycles. The van der Waals surface area contributed by atoms with E-state index in [0.717, 1.165) is 44.7 Å². The fourth-order valence-electron chi connectivity index (χ4n) is 4.61. The zero-order valence-corrected chi connectivity index (χ0v) is 17.1. The first kappa shape index (κ1) is 20.6. The summed E-state index contributed by atoms with van der Waals surface area (Å²) in [5.41, 5.74) is 4.42. The number of benzene rings is 1. The summed E-state index contributed by atoms with van der Waals surface area (Å²) in [6, 6.07) is 11.0. The summed E-state index contributed by atoms with van der Waals surface area (Å²) in [6.45, 7) is 5.63. The Labute approximate surface area is 169 Å². The van der Waals surface area contributed by atoms with E-state index in [0.29, 0.717) is 0 Å². The van der Waals surface area contributed by atoms with E-state index in [4.69, 9.17) is 5.26 Å². The van der Waals surface area contributed by atoms with E-state index >= 15 is 0 Å². The van der Waals surface area contributed by atoms with Crippen LogP contribution in [0, 0.1) is 17.2 Å². The van der Waals surface area contributed by atoms with Crippen LogP contribution in [0.1, 0.15) is 63.0 Å². The molecule has 1 aliphatic carbocycles. The second-order valence-electron chi connectivity index (χ2n) is 8.20. The van der Waals surface area contributed by atoms with Gasteiger partial charge in [-0.05, 0) is 74.1 Å². The molecular formula is C24H33N3O. The Morgan fingerprint density at radius 3 is 2.71 bits per heavy atom. The molecule has 0 unspecified atom stereocenters. The van der Waals surface area contributed by atoms with Gasteiger partial charge < -0.3 is 5.32 Å². The molecule has 4 heteroatoms. The van der Waals surface area contributed by atoms with Gasteiger partial charge in [0.1, 0.15) is 6.42 Å². The fraction of sp³-hybridized carbons (Fsp3) is 0.583. The summed E-state index contributed by atoms with van der Waals surface area (Å²) in [6.07, 6.45) is 10.4. The molecule has 1 fully saturated rings. The Morgan fingerprint density at radius 2 is 2.04 bits per heavy atom. The molecule has 1 N–H and O–H groups in total. The molecule has 0 saturated heterocycles. The number of hydrogen-bond acceptors (Lipinski definition) is 3. The minimum Gasteiger partial charge on any atom is -0.352 e. The highest BCUT2D eigenvalue weighted by molar-refractivity contribution is 5.78. The minimum absolute atomic E-state index is 0.0207. The number of carbonyl (C=O) groups excluding carboxylic acids is 1. The van der Waals surface area contributed by atoms with Gasteiger partial charge in [-0.25, -0.2) is 0 Å². The lowest BCUT2D eigenvalue weighted by Crippen LogP contribution is -2.38. The van der Waals surface area contributed by atoms with E-state index in [2.05, 4.69) is 47.5 Å². The number of carbonyl (C=O) groups is 1. The highest BCUT2D eigenvalue weighted by Gasteiger charge is 2.23. The molecule has 0 atom stereocenters. The fourth-order valence-corrected chi connectivity index (χ4v) is 4.61. The molecule has 0 spiro atoms. The summed E-state index contributed by atoms with van der Waals surface area (Å²) in [4.78, 5) is 14.1. The van der Waals surface area contributed by atoms with Crippen LogP contribution in [0.15, 0.2) is 30.3 Å². The van der Waals surface area contributed by atoms with Crippen LogP contribution in [0.2, 0.25) is 0 Å². The molecular weight excluding hydrogens is 346 g/mol. The maximum Gasteiger partial charge on any atom is 0.234 e. The lowest BCUT2D eigenvalue weighted by atomic mass is 9.84. The zero-order valence-electron chi connectivity index (χ0n) is 17.1. The second kappa shape index (κ2) is 10.4. The summed E-state index contributed by atoms with van der Waals surface area (Å²) >= 11 is 0. The average Bonchev–Trinajstić information content (AvgIpc) is 2.74. The Kier molecular flexibility index (Phi) is 7.68. The van der Waals surface area contributed by atoms with Gasteiger partial charge in [0.2, 0.25) is 5.91 Å². The smallest absolute Gasteiger partial charge is 0.234 e. The van der Waals surface area contributed by atoms with Crippen LogP contribution in [0.5, 0.6) is 0 Å². The number of nitrogens with zero attached hydrogens (tertiary/aromatic N) is 2. The van der Waals surface area contributed by atoms with Crippen molar-refractivity contribution in [2.45, 2.75) is 64.3 Å². The monoisotopic (exact) mass is 379 g/mol. The highest BCUT2D eigenvalue weighted by atomic mass is 16.1. The van der Waals surface area contributed by atoms with Crippen molar-refractivity contribution in [3.63, 3.8) is 0 Å². The third-order valence-electron chi connectivity index (χ3n) is 6.34. The van der Waals surface area contributed by atoms with E-state index in [1.165, 1.54) is 42.5 Å². The van der Waals surface area contributed by atoms with E-state index in [-0.39, 0.29) is 18.4 Å². The summed E-state index contributed by atoms with van der Waals surface area (Å²) in [7, 11) is 0. The topological polar surface area (TPSA) is 56.1 Å². The van der Waals surface area contributed by atoms with Crippen LogP contribution >= 0.6 is 0 Å². The van der Waals surface area contributed by atoms with Crippen molar-refractivity contribution < 1.29 is 4.79 Å². The molecule has 1 aliphatic heterocycles. The predicted molar refractivity (Wildman–Crippen MR) is 114 cm³/mol. The standard InChI is InChI=1S/C24H33N3O/c1-2-20-5-3-4-6-23(20)21-13-17-27(18-14-21)16-12-19-7-9-22(10-8-19)26-24(28)11-15-25/h3-6,13,19,22H,2,7-12,14,16-18H2,1H3,(H,26,28). The van der Waals surface area contributed by atoms with Crippen LogP contribution in [-0.2, 0) is 11.2 Å². The van der Waals surface area contributed by atoms with E-state index in [9.17, 15) is 4.79 Å². The molecule has 0 aromatic heterocycles. The van der Waals surface area contributed by atoms with Gasteiger partial charge in [-0.2, -0.15) is 5.26 Å². The third kappa shape index (κ3) is 5.69. The van der Waals surface area contributed by atoms with Crippen molar-refractivity contribution in [3.8, 4) is 6.07 Å². The van der Waals surface area contributed by atoms with Crippen molar-refractivity contribution in [3.05, 3.63) is 41.5 Å². The first-order valence-electron chi connectivity index (χ1n) is 10.9. The largest absolute Gasteiger partial charge is 0.352 e. The van der Waals surface area contributed by atoms with E-state index < -0.39 is 0 Å². The second-order valence-corrected chi connectivity index (χ2v) is 8.20. The van der Waals surface area contributed by atoms with Gasteiger partial charge in [0.15, 0.2) is 0 Å². The third-order valence-corrected chi connectivity index (χ3v) is 6.34. The molecule has 3 rings (SSSR count). The number of hydrogen-bond donors (Lipinski definition) is 1. The Bertz CT molecular complexity index is 726. The van der Waals surface area contributed by atoms with Gasteiger partial charge in [0, 0.05) is 19.1 Å². The maximum absolute atomic E-state index is 11.5. The minimum atomic E-state index is -0.119. The number of nitrogens with one attached hydrogen (secondary N) is 1. The van der Waals surface area contributed by atoms with Crippen LogP contribution in [0.25, 0.3) is 5.57 Å². The molecule has 0 radical (unpaired) electrons. The van der Waals surface area contributed by atoms with E-state index in [1.807, 2.05) is 6.07 Å². The molecule has 1 aromatic carbocycles. The molecule has 28 heavy (non-hydrogen) atoms. The van der Waals surface area contributed by atoms with Gasteiger partial charge in [0.05, 0.1) is 6.07 Å². The predicted octanol–water partition coefficient (Wildman–Crippen LogP) is 4.32. The van der Waals surface area contributed by atoms with Crippen LogP contribution in [-0.4, -0.2) is 36.5 Å². The molecule has 150 valence electrons. The number of rotatable bonds is 7. The summed E-state index contributed by atoms with van der Waals surface area (Å²) in [5.74, 6) is 0.654. The Morgan fingerprint density at radius 1 is 1.25 bits per heavy atom. The zero-order chi connectivity index (χ0) is 19.8. The van der Waals surface area contributed by atoms with Crippen LogP contribution in [0.3, 0.4) is 0 Å². The van der Waals surface area contributed by atoms with Crippen molar-refractivity contribution in [1.29, 1.82) is 5.26 Å². The molecule has 0 bridgehead atoms. The molecule has 1 amide bonds. The first-order valence-corrected chi connectivity index (χ1v) is 10.9. The Hall–Kier alpha value is -2.12.